The molecule has 0 unspecified atom stereocenters. The minimum Gasteiger partial charge on any atom is -0.436 e. The van der Waals surface area contributed by atoms with E-state index in [4.69, 9.17) is 9.15 Å². The van der Waals surface area contributed by atoms with Crippen LogP contribution in [0.3, 0.4) is 0 Å². The molecule has 2 heterocycles. The molecule has 0 aliphatic carbocycles. The Kier molecular flexibility index (Phi) is 9.90. The molecule has 40 heavy (non-hydrogen) atoms. The lowest BCUT2D eigenvalue weighted by Gasteiger charge is -2.31. The van der Waals surface area contributed by atoms with Crippen molar-refractivity contribution in [3.05, 3.63) is 48.0 Å². The molecule has 4 N–H and O–H groups in total. The lowest BCUT2D eigenvalue weighted by Crippen LogP contribution is -2.49. The van der Waals surface area contributed by atoms with E-state index >= 15 is 0 Å². The second-order valence-electron chi connectivity index (χ2n) is 9.95. The molecule has 0 radical (unpaired) electrons. The van der Waals surface area contributed by atoms with Gasteiger partial charge in [-0.2, -0.15) is 18.3 Å². The van der Waals surface area contributed by atoms with E-state index in [-0.39, 0.29) is 23.2 Å². The fourth-order valence-corrected chi connectivity index (χ4v) is 3.73. The Hall–Kier alpha value is -3.94. The number of halogens is 3. The zero-order chi connectivity index (χ0) is 29.5. The van der Waals surface area contributed by atoms with Crippen molar-refractivity contribution in [3.63, 3.8) is 0 Å². The number of ether oxygens (including phenoxy) is 1. The number of anilines is 1. The highest BCUT2D eigenvalue weighted by Gasteiger charge is 2.38. The monoisotopic (exact) mass is 566 g/mol. The van der Waals surface area contributed by atoms with Crippen LogP contribution in [-0.4, -0.2) is 49.6 Å². The molecule has 1 aromatic carbocycles. The molecular formula is C26H33F3N6O5. The maximum atomic E-state index is 13.0. The number of carbonyl (C=O) groups is 2. The summed E-state index contributed by atoms with van der Waals surface area (Å²) < 4.78 is 50.2. The quantitative estimate of drug-likeness (QED) is 0.232. The summed E-state index contributed by atoms with van der Waals surface area (Å²) >= 11 is 0. The van der Waals surface area contributed by atoms with Crippen LogP contribution >= 0.6 is 0 Å². The molecule has 2 aromatic heterocycles. The number of aliphatic hydroxyl groups excluding tert-OH is 1. The SMILES string of the molecule is CCCC[C@H](NC(=O)O[C@H](c1nnc(-c2ccc(C(F)(F)F)cc2)o1)C(C)(C)CC)[C@H](O)C(=O)Nc1ccn[nH]1. The number of H-pyrrole nitrogens is 1. The number of nitrogens with zero attached hydrogens (tertiary/aromatic N) is 3. The zero-order valence-corrected chi connectivity index (χ0v) is 22.6. The van der Waals surface area contributed by atoms with Gasteiger partial charge in [0.25, 0.3) is 11.8 Å². The van der Waals surface area contributed by atoms with Crippen LogP contribution < -0.4 is 10.6 Å². The van der Waals surface area contributed by atoms with E-state index in [1.807, 2.05) is 27.7 Å². The summed E-state index contributed by atoms with van der Waals surface area (Å²) in [6.07, 6.45) is -4.42. The third-order valence-corrected chi connectivity index (χ3v) is 6.55. The van der Waals surface area contributed by atoms with E-state index in [1.165, 1.54) is 24.4 Å². The van der Waals surface area contributed by atoms with Crippen molar-refractivity contribution < 1.29 is 37.0 Å². The summed E-state index contributed by atoms with van der Waals surface area (Å²) in [6, 6.07) is 4.77. The van der Waals surface area contributed by atoms with Crippen molar-refractivity contribution in [2.24, 2.45) is 5.41 Å². The van der Waals surface area contributed by atoms with E-state index in [1.54, 1.807) is 0 Å². The average molecular weight is 567 g/mol. The number of alkyl halides is 3. The Bertz CT molecular complexity index is 1240. The first kappa shape index (κ1) is 30.6. The first-order valence-corrected chi connectivity index (χ1v) is 12.8. The van der Waals surface area contributed by atoms with Gasteiger partial charge in [-0.05, 0) is 37.1 Å². The Morgan fingerprint density at radius 3 is 2.40 bits per heavy atom. The normalized spacial score (nSPS) is 14.3. The number of carbonyl (C=O) groups excluding carboxylic acids is 2. The third kappa shape index (κ3) is 7.81. The summed E-state index contributed by atoms with van der Waals surface area (Å²) in [4.78, 5) is 25.6. The van der Waals surface area contributed by atoms with Crippen LogP contribution in [0.5, 0.6) is 0 Å². The van der Waals surface area contributed by atoms with Gasteiger partial charge in [0.1, 0.15) is 5.82 Å². The van der Waals surface area contributed by atoms with Gasteiger partial charge >= 0.3 is 12.3 Å². The second-order valence-corrected chi connectivity index (χ2v) is 9.95. The maximum absolute atomic E-state index is 13.0. The second kappa shape index (κ2) is 12.9. The highest BCUT2D eigenvalue weighted by molar-refractivity contribution is 5.94. The number of rotatable bonds is 12. The number of benzene rings is 1. The zero-order valence-electron chi connectivity index (χ0n) is 22.6. The predicted molar refractivity (Wildman–Crippen MR) is 138 cm³/mol. The van der Waals surface area contributed by atoms with Gasteiger partial charge in [-0.3, -0.25) is 9.89 Å². The van der Waals surface area contributed by atoms with Gasteiger partial charge in [-0.1, -0.05) is 40.5 Å². The number of hydrogen-bond donors (Lipinski definition) is 4. The van der Waals surface area contributed by atoms with Crippen LogP contribution in [0.1, 0.15) is 70.9 Å². The van der Waals surface area contributed by atoms with Gasteiger partial charge in [0.15, 0.2) is 12.2 Å². The standard InChI is InChI=1S/C26H33F3N6O5/c1-5-7-8-17(19(36)21(37)32-18-13-14-30-33-18)31-24(38)39-20(25(3,4)6-2)23-35-34-22(40-23)15-9-11-16(12-10-15)26(27,28)29/h9-14,17,19-20,36H,5-8H2,1-4H3,(H,31,38)(H2,30,32,33,37)/t17-,19-,20+/m0/s1. The third-order valence-electron chi connectivity index (χ3n) is 6.55. The lowest BCUT2D eigenvalue weighted by atomic mass is 9.83. The molecule has 3 rings (SSSR count). The fraction of sp³-hybridized carbons (Fsp3) is 0.500. The van der Waals surface area contributed by atoms with Crippen LogP contribution in [0, 0.1) is 5.41 Å². The maximum Gasteiger partial charge on any atom is 0.416 e. The molecule has 0 spiro atoms. The molecule has 0 saturated carbocycles. The van der Waals surface area contributed by atoms with Crippen molar-refractivity contribution in [1.82, 2.24) is 25.7 Å². The number of hydrogen-bond acceptors (Lipinski definition) is 8. The molecule has 218 valence electrons. The molecule has 3 atom stereocenters. The van der Waals surface area contributed by atoms with E-state index in [0.29, 0.717) is 19.3 Å². The molecule has 3 aromatic rings. The van der Waals surface area contributed by atoms with Crippen LogP contribution in [0.4, 0.5) is 23.8 Å². The molecular weight excluding hydrogens is 533 g/mol. The van der Waals surface area contributed by atoms with Gasteiger partial charge in [-0.25, -0.2) is 4.79 Å². The number of aliphatic hydroxyl groups is 1. The minimum absolute atomic E-state index is 0.0450. The Balaban J connectivity index is 1.77. The Morgan fingerprint density at radius 1 is 1.12 bits per heavy atom. The highest BCUT2D eigenvalue weighted by Crippen LogP contribution is 2.40. The molecule has 14 heteroatoms. The van der Waals surface area contributed by atoms with Crippen molar-refractivity contribution in [2.45, 2.75) is 77.8 Å². The summed E-state index contributed by atoms with van der Waals surface area (Å²) in [6.45, 7) is 7.42. The van der Waals surface area contributed by atoms with Crippen LogP contribution in [0.25, 0.3) is 11.5 Å². The topological polar surface area (TPSA) is 155 Å². The number of nitrogens with one attached hydrogen (secondary N) is 3. The highest BCUT2D eigenvalue weighted by atomic mass is 19.4. The number of aromatic amines is 1. The Labute approximate surface area is 228 Å². The van der Waals surface area contributed by atoms with Gasteiger partial charge in [0.05, 0.1) is 17.8 Å². The van der Waals surface area contributed by atoms with Crippen molar-refractivity contribution >= 4 is 17.8 Å². The first-order valence-electron chi connectivity index (χ1n) is 12.8. The van der Waals surface area contributed by atoms with E-state index in [9.17, 15) is 27.9 Å². The summed E-state index contributed by atoms with van der Waals surface area (Å²) in [5.41, 5.74) is -1.26. The lowest BCUT2D eigenvalue weighted by molar-refractivity contribution is -0.137. The summed E-state index contributed by atoms with van der Waals surface area (Å²) in [7, 11) is 0. The molecule has 0 aliphatic heterocycles. The van der Waals surface area contributed by atoms with E-state index in [0.717, 1.165) is 18.6 Å². The van der Waals surface area contributed by atoms with Gasteiger partial charge in [0.2, 0.25) is 5.89 Å². The van der Waals surface area contributed by atoms with Crippen molar-refractivity contribution in [3.8, 4) is 11.5 Å². The minimum atomic E-state index is -4.49. The number of alkyl carbamates (subject to hydrolysis) is 1. The van der Waals surface area contributed by atoms with Crippen LogP contribution in [0.15, 0.2) is 40.9 Å². The molecule has 0 aliphatic rings. The predicted octanol–water partition coefficient (Wildman–Crippen LogP) is 5.24. The Morgan fingerprint density at radius 2 is 1.82 bits per heavy atom. The summed E-state index contributed by atoms with van der Waals surface area (Å²) in [5.74, 6) is -0.559. The summed E-state index contributed by atoms with van der Waals surface area (Å²) in [5, 5.41) is 30.0. The largest absolute Gasteiger partial charge is 0.436 e. The molecule has 2 amide bonds. The van der Waals surface area contributed by atoms with Gasteiger partial charge in [0, 0.05) is 17.0 Å². The average Bonchev–Trinajstić information content (AvgIpc) is 3.61. The fourth-order valence-electron chi connectivity index (χ4n) is 3.73. The van der Waals surface area contributed by atoms with Gasteiger partial charge < -0.3 is 24.9 Å². The molecule has 11 nitrogen and oxygen atoms in total. The number of amides is 2. The first-order chi connectivity index (χ1) is 18.9. The number of unbranched alkanes of at least 4 members (excludes halogenated alkanes) is 1. The van der Waals surface area contributed by atoms with Crippen molar-refractivity contribution in [1.29, 1.82) is 0 Å². The molecule has 0 saturated heterocycles. The molecule has 0 fully saturated rings. The van der Waals surface area contributed by atoms with E-state index in [2.05, 4.69) is 31.0 Å². The van der Waals surface area contributed by atoms with Gasteiger partial charge in [-0.15, -0.1) is 10.2 Å². The van der Waals surface area contributed by atoms with Crippen LogP contribution in [0.2, 0.25) is 0 Å². The van der Waals surface area contributed by atoms with Crippen molar-refractivity contribution in [2.75, 3.05) is 5.32 Å². The number of aromatic nitrogens is 4. The van der Waals surface area contributed by atoms with Crippen LogP contribution in [-0.2, 0) is 15.7 Å². The smallest absolute Gasteiger partial charge is 0.416 e. The van der Waals surface area contributed by atoms with E-state index < -0.39 is 47.4 Å². The molecule has 0 bridgehead atoms.